The van der Waals surface area contributed by atoms with Gasteiger partial charge in [-0.1, -0.05) is 6.07 Å². The lowest BCUT2D eigenvalue weighted by Crippen LogP contribution is -1.96. The molecular weight excluding hydrogens is 280 g/mol. The molecule has 0 aromatic carbocycles. The van der Waals surface area contributed by atoms with E-state index >= 15 is 0 Å². The van der Waals surface area contributed by atoms with Gasteiger partial charge in [-0.25, -0.2) is 4.98 Å². The molecule has 0 spiro atoms. The Kier molecular flexibility index (Phi) is 2.73. The fraction of sp³-hybridized carbons (Fsp3) is 0.154. The summed E-state index contributed by atoms with van der Waals surface area (Å²) in [5.41, 5.74) is 1.10. The van der Waals surface area contributed by atoms with E-state index in [1.807, 2.05) is 36.5 Å². The number of hydrogen-bond acceptors (Lipinski definition) is 2. The van der Waals surface area contributed by atoms with E-state index in [0.29, 0.717) is 0 Å². The largest absolute Gasteiger partial charge is 0.469 e. The molecule has 0 aliphatic rings. The molecule has 0 amide bonds. The Morgan fingerprint density at radius 3 is 2.94 bits per heavy atom. The molecule has 0 fully saturated rings. The van der Waals surface area contributed by atoms with Gasteiger partial charge in [-0.3, -0.25) is 0 Å². The monoisotopic (exact) mass is 290 g/mol. The van der Waals surface area contributed by atoms with Crippen LogP contribution in [0.15, 0.2) is 51.8 Å². The number of imidazole rings is 1. The lowest BCUT2D eigenvalue weighted by molar-refractivity contribution is 0.506. The fourth-order valence-corrected chi connectivity index (χ4v) is 2.45. The van der Waals surface area contributed by atoms with Crippen molar-refractivity contribution in [1.29, 1.82) is 0 Å². The standard InChI is InChI=1S/C13H11BrN2O/c14-13-11-5-1-2-8-16(11)12(15-13)7-6-10-4-3-9-17-10/h1-5,8-9H,6-7H2. The quantitative estimate of drug-likeness (QED) is 0.739. The Morgan fingerprint density at radius 1 is 1.18 bits per heavy atom. The van der Waals surface area contributed by atoms with E-state index in [4.69, 9.17) is 4.42 Å². The highest BCUT2D eigenvalue weighted by atomic mass is 79.9. The third kappa shape index (κ3) is 2.00. The van der Waals surface area contributed by atoms with Crippen molar-refractivity contribution in [3.8, 4) is 0 Å². The maximum absolute atomic E-state index is 5.33. The molecule has 4 heteroatoms. The Hall–Kier alpha value is -1.55. The highest BCUT2D eigenvalue weighted by Crippen LogP contribution is 2.19. The number of fused-ring (bicyclic) bond motifs is 1. The Labute approximate surface area is 107 Å². The second-order valence-electron chi connectivity index (χ2n) is 3.85. The van der Waals surface area contributed by atoms with Gasteiger partial charge in [0.05, 0.1) is 11.8 Å². The molecule has 0 saturated heterocycles. The molecule has 3 nitrogen and oxygen atoms in total. The average Bonchev–Trinajstić information content (AvgIpc) is 2.96. The summed E-state index contributed by atoms with van der Waals surface area (Å²) >= 11 is 3.48. The van der Waals surface area contributed by atoms with Crippen LogP contribution in [-0.2, 0) is 12.8 Å². The molecule has 0 radical (unpaired) electrons. The summed E-state index contributed by atoms with van der Waals surface area (Å²) in [5, 5.41) is 0. The van der Waals surface area contributed by atoms with E-state index in [0.717, 1.165) is 34.5 Å². The summed E-state index contributed by atoms with van der Waals surface area (Å²) in [6.07, 6.45) is 5.47. The van der Waals surface area contributed by atoms with Gasteiger partial charge in [0, 0.05) is 19.0 Å². The smallest absolute Gasteiger partial charge is 0.132 e. The second-order valence-corrected chi connectivity index (χ2v) is 4.61. The number of hydrogen-bond donors (Lipinski definition) is 0. The van der Waals surface area contributed by atoms with Crippen LogP contribution in [0, 0.1) is 0 Å². The van der Waals surface area contributed by atoms with Crippen molar-refractivity contribution in [3.63, 3.8) is 0 Å². The first-order valence-electron chi connectivity index (χ1n) is 5.48. The van der Waals surface area contributed by atoms with E-state index in [1.165, 1.54) is 0 Å². The van der Waals surface area contributed by atoms with Crippen molar-refractivity contribution in [2.75, 3.05) is 0 Å². The molecule has 0 aliphatic heterocycles. The van der Waals surface area contributed by atoms with Gasteiger partial charge >= 0.3 is 0 Å². The topological polar surface area (TPSA) is 30.4 Å². The van der Waals surface area contributed by atoms with Crippen molar-refractivity contribution in [3.05, 3.63) is 59.0 Å². The normalized spacial score (nSPS) is 11.1. The highest BCUT2D eigenvalue weighted by molar-refractivity contribution is 9.10. The van der Waals surface area contributed by atoms with Crippen LogP contribution >= 0.6 is 15.9 Å². The summed E-state index contributed by atoms with van der Waals surface area (Å²) < 4.78 is 8.33. The molecule has 3 aromatic rings. The van der Waals surface area contributed by atoms with Gasteiger partial charge < -0.3 is 8.82 Å². The van der Waals surface area contributed by atoms with E-state index in [-0.39, 0.29) is 0 Å². The molecule has 3 heterocycles. The van der Waals surface area contributed by atoms with Gasteiger partial charge in [0.2, 0.25) is 0 Å². The SMILES string of the molecule is Brc1nc(CCc2ccco2)n2ccccc12. The second kappa shape index (κ2) is 4.37. The van der Waals surface area contributed by atoms with Crippen molar-refractivity contribution in [1.82, 2.24) is 9.38 Å². The van der Waals surface area contributed by atoms with Crippen LogP contribution in [0.1, 0.15) is 11.6 Å². The van der Waals surface area contributed by atoms with E-state index in [1.54, 1.807) is 6.26 Å². The number of pyridine rings is 1. The Balaban J connectivity index is 1.90. The number of aromatic nitrogens is 2. The minimum atomic E-state index is 0.865. The lowest BCUT2D eigenvalue weighted by Gasteiger charge is -1.99. The van der Waals surface area contributed by atoms with Crippen LogP contribution in [0.3, 0.4) is 0 Å². The maximum Gasteiger partial charge on any atom is 0.132 e. The van der Waals surface area contributed by atoms with E-state index in [2.05, 4.69) is 25.3 Å². The molecule has 17 heavy (non-hydrogen) atoms. The summed E-state index contributed by atoms with van der Waals surface area (Å²) in [5.74, 6) is 2.04. The number of aryl methyl sites for hydroxylation is 2. The van der Waals surface area contributed by atoms with Crippen molar-refractivity contribution in [2.24, 2.45) is 0 Å². The van der Waals surface area contributed by atoms with Crippen LogP contribution in [0.5, 0.6) is 0 Å². The molecule has 0 atom stereocenters. The van der Waals surface area contributed by atoms with Crippen molar-refractivity contribution in [2.45, 2.75) is 12.8 Å². The van der Waals surface area contributed by atoms with Crippen LogP contribution in [0.2, 0.25) is 0 Å². The summed E-state index contributed by atoms with van der Waals surface area (Å²) in [6.45, 7) is 0. The molecule has 0 saturated carbocycles. The molecule has 86 valence electrons. The first kappa shape index (κ1) is 10.6. The Morgan fingerprint density at radius 2 is 2.12 bits per heavy atom. The molecule has 0 N–H and O–H groups in total. The zero-order chi connectivity index (χ0) is 11.7. The van der Waals surface area contributed by atoms with E-state index in [9.17, 15) is 0 Å². The molecule has 3 rings (SSSR count). The predicted molar refractivity (Wildman–Crippen MR) is 69.0 cm³/mol. The average molecular weight is 291 g/mol. The van der Waals surface area contributed by atoms with Gasteiger partial charge in [0.25, 0.3) is 0 Å². The number of furan rings is 1. The zero-order valence-electron chi connectivity index (χ0n) is 9.14. The molecule has 0 bridgehead atoms. The first-order valence-corrected chi connectivity index (χ1v) is 6.28. The maximum atomic E-state index is 5.33. The highest BCUT2D eigenvalue weighted by Gasteiger charge is 2.08. The number of rotatable bonds is 3. The van der Waals surface area contributed by atoms with E-state index < -0.39 is 0 Å². The number of nitrogens with zero attached hydrogens (tertiary/aromatic N) is 2. The predicted octanol–water partition coefficient (Wildman–Crippen LogP) is 3.48. The minimum Gasteiger partial charge on any atom is -0.469 e. The molecule has 0 unspecified atom stereocenters. The van der Waals surface area contributed by atoms with Crippen molar-refractivity contribution >= 4 is 21.4 Å². The third-order valence-electron chi connectivity index (χ3n) is 2.75. The molecule has 0 aliphatic carbocycles. The Bertz CT molecular complexity index is 628. The van der Waals surface area contributed by atoms with Gasteiger partial charge in [-0.2, -0.15) is 0 Å². The van der Waals surface area contributed by atoms with Gasteiger partial charge in [0.15, 0.2) is 0 Å². The van der Waals surface area contributed by atoms with Gasteiger partial charge in [-0.05, 0) is 40.2 Å². The molecule has 3 aromatic heterocycles. The summed E-state index contributed by atoms with van der Waals surface area (Å²) in [7, 11) is 0. The zero-order valence-corrected chi connectivity index (χ0v) is 10.7. The lowest BCUT2D eigenvalue weighted by atomic mass is 10.2. The van der Waals surface area contributed by atoms with Crippen LogP contribution in [0.25, 0.3) is 5.52 Å². The van der Waals surface area contributed by atoms with Crippen molar-refractivity contribution < 1.29 is 4.42 Å². The minimum absolute atomic E-state index is 0.865. The van der Waals surface area contributed by atoms with Crippen LogP contribution in [0.4, 0.5) is 0 Å². The van der Waals surface area contributed by atoms with Gasteiger partial charge in [0.1, 0.15) is 16.2 Å². The van der Waals surface area contributed by atoms with Crippen LogP contribution in [-0.4, -0.2) is 9.38 Å². The third-order valence-corrected chi connectivity index (χ3v) is 3.34. The summed E-state index contributed by atoms with van der Waals surface area (Å²) in [6, 6.07) is 9.98. The first-order chi connectivity index (χ1) is 8.34. The molecular formula is C13H11BrN2O. The summed E-state index contributed by atoms with van der Waals surface area (Å²) in [4.78, 5) is 4.53. The van der Waals surface area contributed by atoms with Gasteiger partial charge in [-0.15, -0.1) is 0 Å². The number of halogens is 1. The fourth-order valence-electron chi connectivity index (χ4n) is 1.93. The van der Waals surface area contributed by atoms with Crippen LogP contribution < -0.4 is 0 Å².